The zero-order valence-electron chi connectivity index (χ0n) is 10.3. The van der Waals surface area contributed by atoms with Crippen LogP contribution < -0.4 is 11.3 Å². The van der Waals surface area contributed by atoms with Crippen LogP contribution in [0.4, 0.5) is 13.2 Å². The second kappa shape index (κ2) is 4.80. The Kier molecular flexibility index (Phi) is 3.49. The first kappa shape index (κ1) is 13.8. The van der Waals surface area contributed by atoms with E-state index in [1.165, 1.54) is 0 Å². The molecule has 0 saturated heterocycles. The van der Waals surface area contributed by atoms with Crippen molar-refractivity contribution in [2.75, 3.05) is 0 Å². The smallest absolute Gasteiger partial charge is 0.289 e. The van der Waals surface area contributed by atoms with E-state index in [2.05, 4.69) is 4.98 Å². The summed E-state index contributed by atoms with van der Waals surface area (Å²) in [6.07, 6.45) is -2.15. The van der Waals surface area contributed by atoms with E-state index in [4.69, 9.17) is 5.84 Å². The Bertz CT molecular complexity index is 501. The van der Waals surface area contributed by atoms with Crippen molar-refractivity contribution < 1.29 is 18.0 Å². The molecule has 0 spiro atoms. The van der Waals surface area contributed by atoms with Crippen LogP contribution in [0, 0.1) is 5.92 Å². The van der Waals surface area contributed by atoms with Gasteiger partial charge in [-0.25, -0.2) is 5.84 Å². The van der Waals surface area contributed by atoms with Gasteiger partial charge in [0.2, 0.25) is 0 Å². The zero-order valence-corrected chi connectivity index (χ0v) is 10.3. The minimum Gasteiger partial charge on any atom is -0.289 e. The van der Waals surface area contributed by atoms with Gasteiger partial charge in [0.05, 0.1) is 5.56 Å². The molecule has 2 rings (SSSR count). The first-order valence-corrected chi connectivity index (χ1v) is 5.96. The Hall–Kier alpha value is -1.63. The molecule has 1 fully saturated rings. The summed E-state index contributed by atoms with van der Waals surface area (Å²) in [4.78, 5) is 15.2. The van der Waals surface area contributed by atoms with Crippen LogP contribution in [0.15, 0.2) is 12.3 Å². The number of hydrogen-bond acceptors (Lipinski definition) is 3. The molecule has 19 heavy (non-hydrogen) atoms. The van der Waals surface area contributed by atoms with Crippen molar-refractivity contribution >= 4 is 5.91 Å². The molecule has 1 aliphatic carbocycles. The van der Waals surface area contributed by atoms with Gasteiger partial charge < -0.3 is 0 Å². The van der Waals surface area contributed by atoms with E-state index < -0.39 is 17.6 Å². The van der Waals surface area contributed by atoms with Crippen LogP contribution >= 0.6 is 0 Å². The highest BCUT2D eigenvalue weighted by molar-refractivity contribution is 5.93. The third-order valence-corrected chi connectivity index (χ3v) is 3.44. The first-order valence-electron chi connectivity index (χ1n) is 5.96. The minimum atomic E-state index is -4.46. The quantitative estimate of drug-likeness (QED) is 0.504. The van der Waals surface area contributed by atoms with Crippen molar-refractivity contribution in [2.24, 2.45) is 11.8 Å². The molecule has 1 heterocycles. The number of carbonyl (C=O) groups is 1. The topological polar surface area (TPSA) is 68.0 Å². The Morgan fingerprint density at radius 3 is 2.74 bits per heavy atom. The fourth-order valence-electron chi connectivity index (χ4n) is 2.26. The van der Waals surface area contributed by atoms with Crippen LogP contribution in [0.3, 0.4) is 0 Å². The molecule has 0 aromatic carbocycles. The summed E-state index contributed by atoms with van der Waals surface area (Å²) in [6.45, 7) is 1.97. The lowest BCUT2D eigenvalue weighted by atomic mass is 10.0. The summed E-state index contributed by atoms with van der Waals surface area (Å²) in [5, 5.41) is 0. The predicted molar refractivity (Wildman–Crippen MR) is 62.0 cm³/mol. The molecule has 0 unspecified atom stereocenters. The molecule has 0 bridgehead atoms. The van der Waals surface area contributed by atoms with Gasteiger partial charge >= 0.3 is 6.18 Å². The molecule has 1 amide bonds. The Morgan fingerprint density at radius 1 is 1.58 bits per heavy atom. The number of hydrazine groups is 1. The summed E-state index contributed by atoms with van der Waals surface area (Å²) in [5.74, 6) is 4.64. The standard InChI is InChI=1S/C12H14F3N3O/c1-2-6-3-8(6)9-4-7(12(13,14)15)5-17-10(9)11(19)18-16/h4-6,8H,2-3,16H2,1H3,(H,18,19)/t6-,8-/m0/s1. The Labute approximate surface area is 108 Å². The van der Waals surface area contributed by atoms with Crippen LogP contribution in [0.1, 0.15) is 47.3 Å². The minimum absolute atomic E-state index is 0.0172. The van der Waals surface area contributed by atoms with E-state index in [1.807, 2.05) is 12.3 Å². The van der Waals surface area contributed by atoms with Gasteiger partial charge in [-0.3, -0.25) is 15.2 Å². The van der Waals surface area contributed by atoms with Crippen molar-refractivity contribution in [3.05, 3.63) is 29.1 Å². The normalized spacial score (nSPS) is 22.2. The van der Waals surface area contributed by atoms with Gasteiger partial charge in [-0.1, -0.05) is 13.3 Å². The SMILES string of the molecule is CC[C@H]1C[C@@H]1c1cc(C(F)(F)F)cnc1C(=O)NN. The van der Waals surface area contributed by atoms with E-state index >= 15 is 0 Å². The van der Waals surface area contributed by atoms with Crippen molar-refractivity contribution in [1.82, 2.24) is 10.4 Å². The lowest BCUT2D eigenvalue weighted by molar-refractivity contribution is -0.137. The van der Waals surface area contributed by atoms with Gasteiger partial charge in [-0.05, 0) is 29.9 Å². The van der Waals surface area contributed by atoms with Crippen molar-refractivity contribution in [2.45, 2.75) is 31.9 Å². The second-order valence-corrected chi connectivity index (χ2v) is 4.64. The van der Waals surface area contributed by atoms with Gasteiger partial charge in [0.25, 0.3) is 5.91 Å². The molecule has 3 N–H and O–H groups in total. The number of nitrogen functional groups attached to an aromatic ring is 1. The van der Waals surface area contributed by atoms with Gasteiger partial charge in [0.1, 0.15) is 5.69 Å². The lowest BCUT2D eigenvalue weighted by Crippen LogP contribution is -2.31. The van der Waals surface area contributed by atoms with Crippen LogP contribution in [0.25, 0.3) is 0 Å². The molecular formula is C12H14F3N3O. The van der Waals surface area contributed by atoms with E-state index in [-0.39, 0.29) is 11.6 Å². The monoisotopic (exact) mass is 273 g/mol. The van der Waals surface area contributed by atoms with Gasteiger partial charge in [0.15, 0.2) is 0 Å². The molecule has 1 aromatic rings. The average Bonchev–Trinajstić information content (AvgIpc) is 3.15. The number of alkyl halides is 3. The summed E-state index contributed by atoms with van der Waals surface area (Å²) < 4.78 is 38.0. The van der Waals surface area contributed by atoms with Crippen LogP contribution in [-0.4, -0.2) is 10.9 Å². The maximum atomic E-state index is 12.7. The Morgan fingerprint density at radius 2 is 2.26 bits per heavy atom. The number of nitrogens with zero attached hydrogens (tertiary/aromatic N) is 1. The first-order chi connectivity index (χ1) is 8.88. The third-order valence-electron chi connectivity index (χ3n) is 3.44. The number of pyridine rings is 1. The number of nitrogens with one attached hydrogen (secondary N) is 1. The highest BCUT2D eigenvalue weighted by Gasteiger charge is 2.41. The fourth-order valence-corrected chi connectivity index (χ4v) is 2.26. The average molecular weight is 273 g/mol. The van der Waals surface area contributed by atoms with Crippen LogP contribution in [-0.2, 0) is 6.18 Å². The lowest BCUT2D eigenvalue weighted by Gasteiger charge is -2.11. The molecule has 2 atom stereocenters. The van der Waals surface area contributed by atoms with Crippen molar-refractivity contribution in [3.8, 4) is 0 Å². The number of halogens is 3. The highest BCUT2D eigenvalue weighted by Crippen LogP contribution is 2.50. The molecule has 1 aliphatic rings. The highest BCUT2D eigenvalue weighted by atomic mass is 19.4. The molecule has 7 heteroatoms. The molecule has 1 aromatic heterocycles. The molecular weight excluding hydrogens is 259 g/mol. The number of rotatable bonds is 3. The zero-order chi connectivity index (χ0) is 14.2. The predicted octanol–water partition coefficient (Wildman–Crippen LogP) is 2.22. The number of aromatic nitrogens is 1. The van der Waals surface area contributed by atoms with E-state index in [0.717, 1.165) is 18.9 Å². The van der Waals surface area contributed by atoms with Crippen molar-refractivity contribution in [3.63, 3.8) is 0 Å². The molecule has 4 nitrogen and oxygen atoms in total. The molecule has 104 valence electrons. The number of hydrogen-bond donors (Lipinski definition) is 2. The van der Waals surface area contributed by atoms with E-state index in [0.29, 0.717) is 17.7 Å². The maximum Gasteiger partial charge on any atom is 0.417 e. The summed E-state index contributed by atoms with van der Waals surface area (Å²) in [6, 6.07) is 1.01. The number of amides is 1. The second-order valence-electron chi connectivity index (χ2n) is 4.64. The largest absolute Gasteiger partial charge is 0.417 e. The number of nitrogens with two attached hydrogens (primary N) is 1. The van der Waals surface area contributed by atoms with Gasteiger partial charge in [-0.15, -0.1) is 0 Å². The van der Waals surface area contributed by atoms with Crippen LogP contribution in [0.2, 0.25) is 0 Å². The van der Waals surface area contributed by atoms with Crippen LogP contribution in [0.5, 0.6) is 0 Å². The molecule has 0 radical (unpaired) electrons. The van der Waals surface area contributed by atoms with E-state index in [1.54, 1.807) is 0 Å². The third kappa shape index (κ3) is 2.70. The summed E-state index contributed by atoms with van der Waals surface area (Å²) in [7, 11) is 0. The fraction of sp³-hybridized carbons (Fsp3) is 0.500. The number of carbonyl (C=O) groups excluding carboxylic acids is 1. The summed E-state index contributed by atoms with van der Waals surface area (Å²) >= 11 is 0. The van der Waals surface area contributed by atoms with E-state index in [9.17, 15) is 18.0 Å². The molecule has 1 saturated carbocycles. The summed E-state index contributed by atoms with van der Waals surface area (Å²) in [5.41, 5.74) is 1.40. The van der Waals surface area contributed by atoms with Gasteiger partial charge in [0, 0.05) is 6.20 Å². The molecule has 0 aliphatic heterocycles. The Balaban J connectivity index is 2.43. The van der Waals surface area contributed by atoms with Crippen molar-refractivity contribution in [1.29, 1.82) is 0 Å². The maximum absolute atomic E-state index is 12.7. The van der Waals surface area contributed by atoms with Gasteiger partial charge in [-0.2, -0.15) is 13.2 Å².